The van der Waals surface area contributed by atoms with Crippen LogP contribution in [0.2, 0.25) is 5.02 Å². The molecule has 2 aromatic carbocycles. The summed E-state index contributed by atoms with van der Waals surface area (Å²) in [5.41, 5.74) is 4.30. The molecule has 3 rings (SSSR count). The van der Waals surface area contributed by atoms with E-state index in [0.29, 0.717) is 20.9 Å². The average Bonchev–Trinajstić information content (AvgIpc) is 3.09. The van der Waals surface area contributed by atoms with Crippen molar-refractivity contribution in [2.75, 3.05) is 11.9 Å². The number of hydrazone groups is 1. The number of anilines is 2. The van der Waals surface area contributed by atoms with Gasteiger partial charge in [-0.1, -0.05) is 35.1 Å². The number of benzene rings is 2. The highest BCUT2D eigenvalue weighted by Crippen LogP contribution is 2.21. The number of hydrogen-bond donors (Lipinski definition) is 2. The number of rotatable bonds is 7. The van der Waals surface area contributed by atoms with Crippen molar-refractivity contribution in [3.63, 3.8) is 0 Å². The van der Waals surface area contributed by atoms with Crippen LogP contribution in [0.5, 0.6) is 5.75 Å². The summed E-state index contributed by atoms with van der Waals surface area (Å²) in [6, 6.07) is 14.7. The first kappa shape index (κ1) is 18.8. The number of halogens is 1. The lowest BCUT2D eigenvalue weighted by Gasteiger charge is -2.05. The fourth-order valence-corrected chi connectivity index (χ4v) is 2.80. The van der Waals surface area contributed by atoms with Crippen molar-refractivity contribution in [1.29, 1.82) is 0 Å². The SMILES string of the molecule is Cc1cccc(OCC(=O)N/N=C\c2nnc(Nc3ccc(Cl)cc3)s2)c1. The van der Waals surface area contributed by atoms with Crippen molar-refractivity contribution in [2.24, 2.45) is 5.10 Å². The second kappa shape index (κ2) is 9.11. The molecule has 0 saturated carbocycles. The molecule has 1 aromatic heterocycles. The van der Waals surface area contributed by atoms with Crippen LogP contribution in [0.1, 0.15) is 10.6 Å². The highest BCUT2D eigenvalue weighted by atomic mass is 35.5. The van der Waals surface area contributed by atoms with Crippen LogP contribution < -0.4 is 15.5 Å². The zero-order valence-corrected chi connectivity index (χ0v) is 15.9. The fourth-order valence-electron chi connectivity index (χ4n) is 2.04. The Morgan fingerprint density at radius 1 is 1.26 bits per heavy atom. The van der Waals surface area contributed by atoms with Crippen LogP contribution in [0, 0.1) is 6.92 Å². The molecule has 1 amide bonds. The van der Waals surface area contributed by atoms with Gasteiger partial charge in [0.2, 0.25) is 5.13 Å². The first-order chi connectivity index (χ1) is 13.1. The van der Waals surface area contributed by atoms with Gasteiger partial charge in [-0.2, -0.15) is 5.10 Å². The van der Waals surface area contributed by atoms with Crippen molar-refractivity contribution in [3.8, 4) is 5.75 Å². The van der Waals surface area contributed by atoms with Crippen LogP contribution in [0.25, 0.3) is 0 Å². The first-order valence-electron chi connectivity index (χ1n) is 7.96. The average molecular weight is 402 g/mol. The Balaban J connectivity index is 1.46. The third kappa shape index (κ3) is 6.05. The lowest BCUT2D eigenvalue weighted by atomic mass is 10.2. The van der Waals surface area contributed by atoms with Gasteiger partial charge in [0.25, 0.3) is 5.91 Å². The molecule has 0 fully saturated rings. The van der Waals surface area contributed by atoms with Crippen LogP contribution in [-0.2, 0) is 4.79 Å². The van der Waals surface area contributed by atoms with E-state index in [-0.39, 0.29) is 12.5 Å². The summed E-state index contributed by atoms with van der Waals surface area (Å²) in [7, 11) is 0. The number of nitrogens with one attached hydrogen (secondary N) is 2. The Bertz CT molecular complexity index is 943. The van der Waals surface area contributed by atoms with Crippen LogP contribution in [-0.4, -0.2) is 28.9 Å². The van der Waals surface area contributed by atoms with Crippen molar-refractivity contribution in [2.45, 2.75) is 6.92 Å². The van der Waals surface area contributed by atoms with Gasteiger partial charge in [0.05, 0.1) is 6.21 Å². The van der Waals surface area contributed by atoms with Crippen LogP contribution >= 0.6 is 22.9 Å². The molecule has 0 aliphatic heterocycles. The number of hydrogen-bond acceptors (Lipinski definition) is 7. The van der Waals surface area contributed by atoms with Gasteiger partial charge >= 0.3 is 0 Å². The molecular formula is C18H16ClN5O2S. The number of aryl methyl sites for hydroxylation is 1. The molecule has 9 heteroatoms. The summed E-state index contributed by atoms with van der Waals surface area (Å²) in [5.74, 6) is 0.271. The van der Waals surface area contributed by atoms with Gasteiger partial charge in [0.15, 0.2) is 11.6 Å². The summed E-state index contributed by atoms with van der Waals surface area (Å²) >= 11 is 7.15. The Morgan fingerprint density at radius 2 is 2.07 bits per heavy atom. The van der Waals surface area contributed by atoms with E-state index in [2.05, 4.69) is 26.0 Å². The van der Waals surface area contributed by atoms with Crippen molar-refractivity contribution < 1.29 is 9.53 Å². The van der Waals surface area contributed by atoms with E-state index in [1.807, 2.05) is 37.3 Å². The minimum atomic E-state index is -0.364. The molecule has 0 unspecified atom stereocenters. The van der Waals surface area contributed by atoms with Gasteiger partial charge in [0.1, 0.15) is 5.75 Å². The Kier molecular flexibility index (Phi) is 6.35. The fraction of sp³-hybridized carbons (Fsp3) is 0.111. The van der Waals surface area contributed by atoms with Gasteiger partial charge in [-0.05, 0) is 48.9 Å². The molecule has 0 bridgehead atoms. The molecule has 27 heavy (non-hydrogen) atoms. The first-order valence-corrected chi connectivity index (χ1v) is 9.15. The minimum Gasteiger partial charge on any atom is -0.484 e. The predicted molar refractivity (Wildman–Crippen MR) is 107 cm³/mol. The zero-order chi connectivity index (χ0) is 19.1. The molecule has 0 spiro atoms. The lowest BCUT2D eigenvalue weighted by molar-refractivity contribution is -0.123. The summed E-state index contributed by atoms with van der Waals surface area (Å²) in [5, 5.41) is 16.8. The minimum absolute atomic E-state index is 0.125. The van der Waals surface area contributed by atoms with E-state index < -0.39 is 0 Å². The monoisotopic (exact) mass is 401 g/mol. The van der Waals surface area contributed by atoms with Crippen molar-refractivity contribution in [1.82, 2.24) is 15.6 Å². The van der Waals surface area contributed by atoms with Gasteiger partial charge in [-0.15, -0.1) is 10.2 Å². The van der Waals surface area contributed by atoms with Crippen LogP contribution in [0.4, 0.5) is 10.8 Å². The van der Waals surface area contributed by atoms with Crippen LogP contribution in [0.3, 0.4) is 0 Å². The predicted octanol–water partition coefficient (Wildman–Crippen LogP) is 3.77. The van der Waals surface area contributed by atoms with E-state index in [1.54, 1.807) is 18.2 Å². The Morgan fingerprint density at radius 3 is 2.85 bits per heavy atom. The molecule has 0 radical (unpaired) electrons. The standard InChI is InChI=1S/C18H16ClN5O2S/c1-12-3-2-4-15(9-12)26-11-16(25)22-20-10-17-23-24-18(27-17)21-14-7-5-13(19)6-8-14/h2-10H,11H2,1H3,(H,21,24)(H,22,25)/b20-10-. The normalized spacial score (nSPS) is 10.7. The van der Waals surface area contributed by atoms with E-state index in [9.17, 15) is 4.79 Å². The highest BCUT2D eigenvalue weighted by Gasteiger charge is 2.04. The summed E-state index contributed by atoms with van der Waals surface area (Å²) in [4.78, 5) is 11.8. The second-order valence-electron chi connectivity index (χ2n) is 5.48. The molecule has 0 saturated heterocycles. The zero-order valence-electron chi connectivity index (χ0n) is 14.3. The molecule has 0 aliphatic carbocycles. The molecule has 1 heterocycles. The number of aromatic nitrogens is 2. The van der Waals surface area contributed by atoms with E-state index in [4.69, 9.17) is 16.3 Å². The van der Waals surface area contributed by atoms with Crippen LogP contribution in [0.15, 0.2) is 53.6 Å². The largest absolute Gasteiger partial charge is 0.484 e. The maximum Gasteiger partial charge on any atom is 0.277 e. The van der Waals surface area contributed by atoms with Gasteiger partial charge in [0, 0.05) is 10.7 Å². The molecule has 138 valence electrons. The lowest BCUT2D eigenvalue weighted by Crippen LogP contribution is -2.24. The molecular weight excluding hydrogens is 386 g/mol. The van der Waals surface area contributed by atoms with E-state index in [0.717, 1.165) is 11.3 Å². The van der Waals surface area contributed by atoms with Crippen molar-refractivity contribution in [3.05, 3.63) is 64.1 Å². The number of carbonyl (C=O) groups excluding carboxylic acids is 1. The quantitative estimate of drug-likeness (QED) is 0.464. The molecule has 3 aromatic rings. The number of ether oxygens (including phenoxy) is 1. The topological polar surface area (TPSA) is 88.5 Å². The summed E-state index contributed by atoms with van der Waals surface area (Å²) in [6.07, 6.45) is 1.43. The Hall–Kier alpha value is -2.97. The number of amides is 1. The highest BCUT2D eigenvalue weighted by molar-refractivity contribution is 7.16. The van der Waals surface area contributed by atoms with Crippen molar-refractivity contribution >= 4 is 45.9 Å². The third-order valence-electron chi connectivity index (χ3n) is 3.26. The molecule has 0 atom stereocenters. The summed E-state index contributed by atoms with van der Waals surface area (Å²) in [6.45, 7) is 1.83. The maximum absolute atomic E-state index is 11.8. The third-order valence-corrected chi connectivity index (χ3v) is 4.29. The molecule has 7 nitrogen and oxygen atoms in total. The second-order valence-corrected chi connectivity index (χ2v) is 6.92. The maximum atomic E-state index is 11.8. The van der Waals surface area contributed by atoms with E-state index >= 15 is 0 Å². The summed E-state index contributed by atoms with van der Waals surface area (Å²) < 4.78 is 5.40. The van der Waals surface area contributed by atoms with Gasteiger partial charge in [-0.25, -0.2) is 5.43 Å². The Labute approximate surface area is 165 Å². The molecule has 0 aliphatic rings. The van der Waals surface area contributed by atoms with Gasteiger partial charge in [-0.3, -0.25) is 4.79 Å². The number of nitrogens with zero attached hydrogens (tertiary/aromatic N) is 3. The molecule has 2 N–H and O–H groups in total. The van der Waals surface area contributed by atoms with E-state index in [1.165, 1.54) is 17.6 Å². The van der Waals surface area contributed by atoms with Gasteiger partial charge < -0.3 is 10.1 Å². The smallest absolute Gasteiger partial charge is 0.277 e. The number of carbonyl (C=O) groups is 1.